The van der Waals surface area contributed by atoms with Gasteiger partial charge in [-0.1, -0.05) is 0 Å². The predicted molar refractivity (Wildman–Crippen MR) is 37.8 cm³/mol. The van der Waals surface area contributed by atoms with Crippen molar-refractivity contribution in [2.45, 2.75) is 6.92 Å². The van der Waals surface area contributed by atoms with Crippen LogP contribution >= 0.6 is 0 Å². The van der Waals surface area contributed by atoms with Crippen LogP contribution in [0.25, 0.3) is 0 Å². The molecule has 0 fully saturated rings. The van der Waals surface area contributed by atoms with Gasteiger partial charge in [-0.15, -0.1) is 0 Å². The minimum atomic E-state index is -0.495. The highest BCUT2D eigenvalue weighted by Gasteiger charge is 2.07. The molecule has 4 heteroatoms. The van der Waals surface area contributed by atoms with Gasteiger partial charge in [0.15, 0.2) is 0 Å². The van der Waals surface area contributed by atoms with E-state index < -0.39 is 5.91 Å². The number of nitrogens with two attached hydrogens (primary N) is 2. The van der Waals surface area contributed by atoms with Crippen LogP contribution in [0.4, 0.5) is 0 Å². The molecule has 54 valence electrons. The van der Waals surface area contributed by atoms with Crippen LogP contribution in [0, 0.1) is 6.92 Å². The van der Waals surface area contributed by atoms with Gasteiger partial charge in [0.05, 0.1) is 0 Å². The summed E-state index contributed by atoms with van der Waals surface area (Å²) in [6.45, 7) is 1.78. The third kappa shape index (κ3) is 0.834. The topological polar surface area (TPSA) is 74.0 Å². The second-order valence-corrected chi connectivity index (χ2v) is 2.12. The van der Waals surface area contributed by atoms with E-state index in [-0.39, 0.29) is 0 Å². The first-order chi connectivity index (χ1) is 4.63. The van der Waals surface area contributed by atoms with E-state index in [2.05, 4.69) is 0 Å². The van der Waals surface area contributed by atoms with Crippen LogP contribution in [0.1, 0.15) is 16.1 Å². The minimum Gasteiger partial charge on any atom is -0.364 e. The smallest absolute Gasteiger partial charge is 0.267 e. The van der Waals surface area contributed by atoms with Crippen molar-refractivity contribution in [3.63, 3.8) is 0 Å². The van der Waals surface area contributed by atoms with Crippen LogP contribution in [0.15, 0.2) is 12.3 Å². The number of nitrogen functional groups attached to an aromatic ring is 1. The molecule has 0 aliphatic carbocycles. The molecule has 0 aromatic carbocycles. The molecule has 0 bridgehead atoms. The average Bonchev–Trinajstić information content (AvgIpc) is 2.11. The monoisotopic (exact) mass is 139 g/mol. The van der Waals surface area contributed by atoms with Crippen molar-refractivity contribution >= 4 is 5.91 Å². The van der Waals surface area contributed by atoms with E-state index in [4.69, 9.17) is 11.6 Å². The highest BCUT2D eigenvalue weighted by Crippen LogP contribution is 2.04. The molecule has 0 atom stereocenters. The summed E-state index contributed by atoms with van der Waals surface area (Å²) in [4.78, 5) is 10.6. The van der Waals surface area contributed by atoms with Gasteiger partial charge < -0.3 is 11.6 Å². The first-order valence-electron chi connectivity index (χ1n) is 2.85. The van der Waals surface area contributed by atoms with E-state index in [0.29, 0.717) is 5.69 Å². The van der Waals surface area contributed by atoms with Crippen molar-refractivity contribution in [2.24, 2.45) is 5.73 Å². The van der Waals surface area contributed by atoms with Crippen molar-refractivity contribution in [3.8, 4) is 0 Å². The van der Waals surface area contributed by atoms with E-state index in [1.807, 2.05) is 0 Å². The number of hydrogen-bond donors (Lipinski definition) is 2. The number of carbonyl (C=O) groups excluding carboxylic acids is 1. The van der Waals surface area contributed by atoms with Crippen LogP contribution in [0.3, 0.4) is 0 Å². The fourth-order valence-corrected chi connectivity index (χ4v) is 0.871. The Morgan fingerprint density at radius 3 is 2.50 bits per heavy atom. The molecule has 1 rings (SSSR count). The zero-order valence-corrected chi connectivity index (χ0v) is 5.66. The Kier molecular flexibility index (Phi) is 1.37. The molecular formula is C6H9N3O. The quantitative estimate of drug-likeness (QED) is 0.520. The standard InChI is InChI=1S/C6H9N3O/c1-4-2-3-9(8)5(4)6(7)10/h2-3H,8H2,1H3,(H2,7,10). The molecular weight excluding hydrogens is 130 g/mol. The fourth-order valence-electron chi connectivity index (χ4n) is 0.871. The van der Waals surface area contributed by atoms with Gasteiger partial charge in [0.1, 0.15) is 5.69 Å². The maximum atomic E-state index is 10.6. The number of primary amides is 1. The summed E-state index contributed by atoms with van der Waals surface area (Å²) >= 11 is 0. The van der Waals surface area contributed by atoms with Crippen molar-refractivity contribution in [1.29, 1.82) is 0 Å². The van der Waals surface area contributed by atoms with Gasteiger partial charge in [0.2, 0.25) is 0 Å². The van der Waals surface area contributed by atoms with Crippen molar-refractivity contribution in [3.05, 3.63) is 23.5 Å². The summed E-state index contributed by atoms with van der Waals surface area (Å²) in [6.07, 6.45) is 1.59. The maximum Gasteiger partial charge on any atom is 0.267 e. The molecule has 1 amide bonds. The molecule has 0 spiro atoms. The maximum absolute atomic E-state index is 10.6. The van der Waals surface area contributed by atoms with E-state index in [1.54, 1.807) is 19.2 Å². The lowest BCUT2D eigenvalue weighted by Crippen LogP contribution is -2.21. The molecule has 4 nitrogen and oxygen atoms in total. The summed E-state index contributed by atoms with van der Waals surface area (Å²) in [6, 6.07) is 1.74. The highest BCUT2D eigenvalue weighted by atomic mass is 16.1. The second-order valence-electron chi connectivity index (χ2n) is 2.12. The molecule has 0 saturated carbocycles. The fraction of sp³-hybridized carbons (Fsp3) is 0.167. The Morgan fingerprint density at radius 2 is 2.30 bits per heavy atom. The summed E-state index contributed by atoms with van der Waals surface area (Å²) in [5.74, 6) is 4.86. The van der Waals surface area contributed by atoms with Crippen LogP contribution in [-0.2, 0) is 0 Å². The molecule has 0 aliphatic heterocycles. The lowest BCUT2D eigenvalue weighted by Gasteiger charge is -1.97. The van der Waals surface area contributed by atoms with Gasteiger partial charge in [-0.05, 0) is 18.6 Å². The van der Waals surface area contributed by atoms with E-state index >= 15 is 0 Å². The van der Waals surface area contributed by atoms with Gasteiger partial charge in [-0.3, -0.25) is 9.47 Å². The van der Waals surface area contributed by atoms with E-state index in [0.717, 1.165) is 5.56 Å². The van der Waals surface area contributed by atoms with E-state index in [9.17, 15) is 4.79 Å². The number of carbonyl (C=O) groups is 1. The summed E-state index contributed by atoms with van der Waals surface area (Å²) in [5.41, 5.74) is 6.18. The highest BCUT2D eigenvalue weighted by molar-refractivity contribution is 5.92. The Hall–Kier alpha value is -1.45. The molecule has 1 aromatic rings. The predicted octanol–water partition coefficient (Wildman–Crippen LogP) is -0.391. The summed E-state index contributed by atoms with van der Waals surface area (Å²) in [7, 11) is 0. The van der Waals surface area contributed by atoms with Crippen LogP contribution in [0.5, 0.6) is 0 Å². The molecule has 0 radical (unpaired) electrons. The average molecular weight is 139 g/mol. The lowest BCUT2D eigenvalue weighted by atomic mass is 10.3. The molecule has 0 saturated heterocycles. The normalized spacial score (nSPS) is 9.70. The number of aromatic nitrogens is 1. The van der Waals surface area contributed by atoms with Gasteiger partial charge in [0.25, 0.3) is 5.91 Å². The number of amides is 1. The van der Waals surface area contributed by atoms with Crippen molar-refractivity contribution < 1.29 is 4.79 Å². The third-order valence-electron chi connectivity index (χ3n) is 1.35. The Bertz CT molecular complexity index is 244. The first-order valence-corrected chi connectivity index (χ1v) is 2.85. The van der Waals surface area contributed by atoms with Crippen LogP contribution in [-0.4, -0.2) is 10.6 Å². The van der Waals surface area contributed by atoms with Crippen molar-refractivity contribution in [1.82, 2.24) is 4.68 Å². The molecule has 0 aliphatic rings. The largest absolute Gasteiger partial charge is 0.364 e. The van der Waals surface area contributed by atoms with Gasteiger partial charge >= 0.3 is 0 Å². The molecule has 1 aromatic heterocycles. The molecule has 1 heterocycles. The van der Waals surface area contributed by atoms with Gasteiger partial charge in [-0.25, -0.2) is 0 Å². The molecule has 0 unspecified atom stereocenters. The van der Waals surface area contributed by atoms with Crippen LogP contribution < -0.4 is 11.6 Å². The van der Waals surface area contributed by atoms with Gasteiger partial charge in [-0.2, -0.15) is 0 Å². The minimum absolute atomic E-state index is 0.361. The Labute approximate surface area is 58.4 Å². The number of rotatable bonds is 1. The SMILES string of the molecule is Cc1ccn(N)c1C(N)=O. The van der Waals surface area contributed by atoms with E-state index in [1.165, 1.54) is 4.68 Å². The van der Waals surface area contributed by atoms with Crippen molar-refractivity contribution in [2.75, 3.05) is 5.84 Å². The summed E-state index contributed by atoms with van der Waals surface area (Å²) in [5, 5.41) is 0. The summed E-state index contributed by atoms with van der Waals surface area (Å²) < 4.78 is 1.22. The zero-order valence-electron chi connectivity index (χ0n) is 5.66. The van der Waals surface area contributed by atoms with Crippen LogP contribution in [0.2, 0.25) is 0 Å². The van der Waals surface area contributed by atoms with Gasteiger partial charge in [0, 0.05) is 6.20 Å². The zero-order chi connectivity index (χ0) is 7.72. The molecule has 10 heavy (non-hydrogen) atoms. The first kappa shape index (κ1) is 6.67. The lowest BCUT2D eigenvalue weighted by molar-refractivity contribution is 0.0992. The second kappa shape index (κ2) is 2.06. The third-order valence-corrected chi connectivity index (χ3v) is 1.35. The Balaban J connectivity index is 3.23. The number of nitrogens with zero attached hydrogens (tertiary/aromatic N) is 1. The molecule has 4 N–H and O–H groups in total. The number of hydrogen-bond acceptors (Lipinski definition) is 2. The number of aryl methyl sites for hydroxylation is 1. The Morgan fingerprint density at radius 1 is 1.70 bits per heavy atom.